The van der Waals surface area contributed by atoms with E-state index in [1.54, 1.807) is 24.3 Å². The molecule has 1 aliphatic heterocycles. The normalized spacial score (nSPS) is 14.3. The minimum atomic E-state index is -1.37. The number of fused-ring (bicyclic) bond motifs is 1. The van der Waals surface area contributed by atoms with Gasteiger partial charge in [-0.05, 0) is 24.5 Å². The topological polar surface area (TPSA) is 131 Å². The maximum absolute atomic E-state index is 12.3. The van der Waals surface area contributed by atoms with Crippen LogP contribution in [0.1, 0.15) is 20.3 Å². The molecule has 0 saturated carbocycles. The van der Waals surface area contributed by atoms with Crippen LogP contribution in [0.2, 0.25) is 0 Å². The number of para-hydroxylation sites is 2. The molecule has 1 aromatic carbocycles. The van der Waals surface area contributed by atoms with Crippen LogP contribution in [0, 0.1) is 5.92 Å². The summed E-state index contributed by atoms with van der Waals surface area (Å²) in [4.78, 5) is 48.3. The van der Waals surface area contributed by atoms with Crippen molar-refractivity contribution in [3.05, 3.63) is 24.3 Å². The van der Waals surface area contributed by atoms with Gasteiger partial charge in [-0.3, -0.25) is 14.5 Å². The van der Waals surface area contributed by atoms with Gasteiger partial charge in [0, 0.05) is 0 Å². The second-order valence-corrected chi connectivity index (χ2v) is 6.38. The Morgan fingerprint density at radius 3 is 2.62 bits per heavy atom. The lowest BCUT2D eigenvalue weighted by atomic mass is 10.0. The summed E-state index contributed by atoms with van der Waals surface area (Å²) >= 11 is 0. The first-order valence-electron chi connectivity index (χ1n) is 8.22. The van der Waals surface area contributed by atoms with Gasteiger partial charge in [-0.2, -0.15) is 0 Å². The molecule has 2 rings (SSSR count). The van der Waals surface area contributed by atoms with Gasteiger partial charge < -0.3 is 25.9 Å². The van der Waals surface area contributed by atoms with Crippen LogP contribution in [-0.4, -0.2) is 42.9 Å². The van der Waals surface area contributed by atoms with Crippen LogP contribution in [0.4, 0.5) is 16.2 Å². The molecule has 0 spiro atoms. The number of nitrogens with one attached hydrogen (secondary N) is 3. The molecule has 0 bridgehead atoms. The molecule has 0 aliphatic carbocycles. The Bertz CT molecular complexity index is 719. The zero-order valence-electron chi connectivity index (χ0n) is 14.6. The number of amides is 4. The molecule has 1 aliphatic rings. The number of benzene rings is 1. The molecule has 0 aromatic heterocycles. The number of hydrogen-bond acceptors (Lipinski definition) is 5. The lowest BCUT2D eigenvalue weighted by Gasteiger charge is -2.29. The third-order valence-corrected chi connectivity index (χ3v) is 3.74. The fourth-order valence-corrected chi connectivity index (χ4v) is 2.60. The highest BCUT2D eigenvalue weighted by atomic mass is 16.4. The minimum absolute atomic E-state index is 0.0520. The second kappa shape index (κ2) is 8.32. The van der Waals surface area contributed by atoms with Crippen LogP contribution >= 0.6 is 0 Å². The van der Waals surface area contributed by atoms with E-state index in [0.29, 0.717) is 11.4 Å². The van der Waals surface area contributed by atoms with Crippen molar-refractivity contribution in [2.24, 2.45) is 5.92 Å². The number of carbonyl (C=O) groups is 4. The van der Waals surface area contributed by atoms with Crippen molar-refractivity contribution in [3.8, 4) is 0 Å². The predicted octanol–water partition coefficient (Wildman–Crippen LogP) is -0.564. The molecule has 1 heterocycles. The Kier molecular flexibility index (Phi) is 6.16. The van der Waals surface area contributed by atoms with E-state index in [1.165, 1.54) is 4.90 Å². The summed E-state index contributed by atoms with van der Waals surface area (Å²) in [6.07, 6.45) is 0.224. The highest BCUT2D eigenvalue weighted by Gasteiger charge is 2.27. The largest absolute Gasteiger partial charge is 0.548 e. The van der Waals surface area contributed by atoms with Gasteiger partial charge in [0.1, 0.15) is 6.54 Å². The lowest BCUT2D eigenvalue weighted by molar-refractivity contribution is -0.308. The summed E-state index contributed by atoms with van der Waals surface area (Å²) in [5.74, 6) is -2.32. The van der Waals surface area contributed by atoms with Crippen molar-refractivity contribution in [1.82, 2.24) is 10.6 Å². The first-order chi connectivity index (χ1) is 12.3. The van der Waals surface area contributed by atoms with E-state index >= 15 is 0 Å². The van der Waals surface area contributed by atoms with Crippen molar-refractivity contribution in [2.45, 2.75) is 26.3 Å². The highest BCUT2D eigenvalue weighted by Crippen LogP contribution is 2.28. The summed E-state index contributed by atoms with van der Waals surface area (Å²) in [5.41, 5.74) is 1.01. The van der Waals surface area contributed by atoms with E-state index in [9.17, 15) is 24.3 Å². The standard InChI is InChI=1S/C17H22N4O5/c1-10(2)7-12(16(24)25)20-14(22)8-18-17(26)21-9-15(23)19-11-5-3-4-6-13(11)21/h3-6,10,12H,7-9H2,1-2H3,(H,18,26)(H,19,23)(H,20,22)(H,24,25)/p-1/t12-/m0/s1. The smallest absolute Gasteiger partial charge is 0.322 e. The summed E-state index contributed by atoms with van der Waals surface area (Å²) in [7, 11) is 0. The molecule has 140 valence electrons. The molecule has 9 nitrogen and oxygen atoms in total. The molecular weight excluding hydrogens is 340 g/mol. The van der Waals surface area contributed by atoms with E-state index < -0.39 is 30.5 Å². The number of urea groups is 1. The number of rotatable bonds is 6. The fourth-order valence-electron chi connectivity index (χ4n) is 2.60. The molecule has 4 amide bonds. The van der Waals surface area contributed by atoms with E-state index in [2.05, 4.69) is 16.0 Å². The number of nitrogens with zero attached hydrogens (tertiary/aromatic N) is 1. The highest BCUT2D eigenvalue weighted by molar-refractivity contribution is 6.09. The Labute approximate surface area is 150 Å². The van der Waals surface area contributed by atoms with Crippen LogP contribution in [0.15, 0.2) is 24.3 Å². The van der Waals surface area contributed by atoms with Crippen LogP contribution in [0.25, 0.3) is 0 Å². The molecular formula is C17H21N4O5-. The molecule has 0 radical (unpaired) electrons. The molecule has 0 saturated heterocycles. The van der Waals surface area contributed by atoms with E-state index in [-0.39, 0.29) is 24.8 Å². The number of carbonyl (C=O) groups excluding carboxylic acids is 4. The number of hydrogen-bond donors (Lipinski definition) is 3. The Morgan fingerprint density at radius 1 is 1.27 bits per heavy atom. The molecule has 0 unspecified atom stereocenters. The number of carboxylic acid groups (broad SMARTS) is 1. The van der Waals surface area contributed by atoms with Gasteiger partial charge in [0.05, 0.1) is 29.9 Å². The maximum atomic E-state index is 12.3. The van der Waals surface area contributed by atoms with Crippen molar-refractivity contribution in [1.29, 1.82) is 0 Å². The van der Waals surface area contributed by atoms with Crippen molar-refractivity contribution in [2.75, 3.05) is 23.3 Å². The van der Waals surface area contributed by atoms with E-state index in [1.807, 2.05) is 13.8 Å². The van der Waals surface area contributed by atoms with Crippen molar-refractivity contribution >= 4 is 35.2 Å². The quantitative estimate of drug-likeness (QED) is 0.625. The second-order valence-electron chi connectivity index (χ2n) is 6.38. The van der Waals surface area contributed by atoms with Crippen LogP contribution < -0.4 is 26.0 Å². The van der Waals surface area contributed by atoms with Crippen LogP contribution in [0.3, 0.4) is 0 Å². The first-order valence-corrected chi connectivity index (χ1v) is 8.22. The molecule has 1 aromatic rings. The Hall–Kier alpha value is -3.10. The minimum Gasteiger partial charge on any atom is -0.548 e. The molecule has 3 N–H and O–H groups in total. The summed E-state index contributed by atoms with van der Waals surface area (Å²) in [5, 5.41) is 18.4. The number of aliphatic carboxylic acids is 1. The van der Waals surface area contributed by atoms with Gasteiger partial charge in [0.25, 0.3) is 0 Å². The fraction of sp³-hybridized carbons (Fsp3) is 0.412. The van der Waals surface area contributed by atoms with Gasteiger partial charge in [0.15, 0.2) is 0 Å². The summed E-state index contributed by atoms with van der Waals surface area (Å²) in [6.45, 7) is 3.05. The van der Waals surface area contributed by atoms with Crippen LogP contribution in [-0.2, 0) is 14.4 Å². The third kappa shape index (κ3) is 4.95. The third-order valence-electron chi connectivity index (χ3n) is 3.74. The monoisotopic (exact) mass is 361 g/mol. The van der Waals surface area contributed by atoms with Gasteiger partial charge >= 0.3 is 6.03 Å². The molecule has 9 heteroatoms. The molecule has 1 atom stereocenters. The summed E-state index contributed by atoms with van der Waals surface area (Å²) in [6, 6.07) is 5.03. The Morgan fingerprint density at radius 2 is 1.96 bits per heavy atom. The van der Waals surface area contributed by atoms with Crippen molar-refractivity contribution in [3.63, 3.8) is 0 Å². The molecule has 26 heavy (non-hydrogen) atoms. The Balaban J connectivity index is 1.95. The predicted molar refractivity (Wildman–Crippen MR) is 92.2 cm³/mol. The van der Waals surface area contributed by atoms with E-state index in [0.717, 1.165) is 0 Å². The van der Waals surface area contributed by atoms with Gasteiger partial charge in [-0.15, -0.1) is 0 Å². The average molecular weight is 361 g/mol. The van der Waals surface area contributed by atoms with Crippen molar-refractivity contribution < 1.29 is 24.3 Å². The first kappa shape index (κ1) is 19.2. The number of carboxylic acids is 1. The zero-order chi connectivity index (χ0) is 19.3. The number of anilines is 2. The molecule has 0 fully saturated rings. The zero-order valence-corrected chi connectivity index (χ0v) is 14.6. The average Bonchev–Trinajstić information content (AvgIpc) is 2.57. The van der Waals surface area contributed by atoms with E-state index in [4.69, 9.17) is 0 Å². The van der Waals surface area contributed by atoms with Crippen LogP contribution in [0.5, 0.6) is 0 Å². The SMILES string of the molecule is CC(C)C[C@H](NC(=O)CNC(=O)N1CC(=O)Nc2ccccc21)C(=O)[O-]. The van der Waals surface area contributed by atoms with Gasteiger partial charge in [0.2, 0.25) is 11.8 Å². The van der Waals surface area contributed by atoms with Gasteiger partial charge in [-0.1, -0.05) is 26.0 Å². The maximum Gasteiger partial charge on any atom is 0.322 e. The summed E-state index contributed by atoms with van der Waals surface area (Å²) < 4.78 is 0. The lowest BCUT2D eigenvalue weighted by Crippen LogP contribution is -2.53. The van der Waals surface area contributed by atoms with Gasteiger partial charge in [-0.25, -0.2) is 4.79 Å².